The van der Waals surface area contributed by atoms with Crippen molar-refractivity contribution in [3.63, 3.8) is 0 Å². The van der Waals surface area contributed by atoms with E-state index in [0.29, 0.717) is 11.6 Å². The Morgan fingerprint density at radius 2 is 1.88 bits per heavy atom. The van der Waals surface area contributed by atoms with Crippen LogP contribution in [0.25, 0.3) is 0 Å². The molecule has 0 radical (unpaired) electrons. The van der Waals surface area contributed by atoms with Gasteiger partial charge in [0, 0.05) is 11.6 Å². The maximum absolute atomic E-state index is 12.8. The Morgan fingerprint density at radius 1 is 1.20 bits per heavy atom. The van der Waals surface area contributed by atoms with Gasteiger partial charge < -0.3 is 10.1 Å². The van der Waals surface area contributed by atoms with E-state index in [2.05, 4.69) is 16.2 Å². The summed E-state index contributed by atoms with van der Waals surface area (Å²) in [7, 11) is 1.64. The lowest BCUT2D eigenvalue weighted by molar-refractivity contribution is -0.125. The van der Waals surface area contributed by atoms with Crippen molar-refractivity contribution in [2.45, 2.75) is 19.0 Å². The number of benzene rings is 2. The lowest BCUT2D eigenvalue weighted by Gasteiger charge is -2.21. The Kier molecular flexibility index (Phi) is 5.58. The molecule has 132 valence electrons. The van der Waals surface area contributed by atoms with Gasteiger partial charge in [0.05, 0.1) is 25.1 Å². The molecule has 3 N–H and O–H groups in total. The topological polar surface area (TPSA) is 62.4 Å². The molecule has 0 aromatic heterocycles. The van der Waals surface area contributed by atoms with Crippen LogP contribution in [-0.2, 0) is 4.79 Å². The van der Waals surface area contributed by atoms with Crippen LogP contribution in [0, 0.1) is 5.92 Å². The minimum absolute atomic E-state index is 0.0146. The molecule has 1 amide bonds. The van der Waals surface area contributed by atoms with Crippen LogP contribution in [0.1, 0.15) is 30.1 Å². The van der Waals surface area contributed by atoms with Crippen molar-refractivity contribution < 1.29 is 9.53 Å². The molecule has 0 spiro atoms. The van der Waals surface area contributed by atoms with Crippen LogP contribution in [0.15, 0.2) is 48.5 Å². The average molecular weight is 360 g/mol. The molecule has 5 nitrogen and oxygen atoms in total. The molecule has 0 bridgehead atoms. The van der Waals surface area contributed by atoms with Crippen molar-refractivity contribution in [3.8, 4) is 5.75 Å². The van der Waals surface area contributed by atoms with Crippen LogP contribution in [0.3, 0.4) is 0 Å². The molecule has 3 unspecified atom stereocenters. The van der Waals surface area contributed by atoms with Crippen molar-refractivity contribution >= 4 is 17.5 Å². The lowest BCUT2D eigenvalue weighted by Crippen LogP contribution is -2.36. The van der Waals surface area contributed by atoms with Crippen molar-refractivity contribution in [2.24, 2.45) is 5.92 Å². The average Bonchev–Trinajstić information content (AvgIpc) is 3.12. The first-order valence-electron chi connectivity index (χ1n) is 8.26. The maximum atomic E-state index is 12.8. The van der Waals surface area contributed by atoms with E-state index >= 15 is 0 Å². The molecular weight excluding hydrogens is 338 g/mol. The highest BCUT2D eigenvalue weighted by atomic mass is 35.5. The van der Waals surface area contributed by atoms with Crippen LogP contribution in [0.5, 0.6) is 5.75 Å². The molecule has 25 heavy (non-hydrogen) atoms. The van der Waals surface area contributed by atoms with Gasteiger partial charge in [-0.25, -0.2) is 5.43 Å². The second kappa shape index (κ2) is 7.87. The van der Waals surface area contributed by atoms with Crippen molar-refractivity contribution in [3.05, 3.63) is 64.7 Å². The van der Waals surface area contributed by atoms with Crippen molar-refractivity contribution in [1.29, 1.82) is 0 Å². The molecule has 2 aromatic rings. The van der Waals surface area contributed by atoms with Gasteiger partial charge in [-0.2, -0.15) is 0 Å². The third-order valence-electron chi connectivity index (χ3n) is 4.52. The van der Waals surface area contributed by atoms with Gasteiger partial charge in [0.1, 0.15) is 5.75 Å². The Bertz CT molecular complexity index is 718. The molecule has 3 atom stereocenters. The van der Waals surface area contributed by atoms with Crippen molar-refractivity contribution in [1.82, 2.24) is 16.2 Å². The van der Waals surface area contributed by atoms with Gasteiger partial charge in [-0.3, -0.25) is 10.2 Å². The van der Waals surface area contributed by atoms with E-state index in [0.717, 1.165) is 16.9 Å². The number of halogens is 1. The van der Waals surface area contributed by atoms with E-state index in [4.69, 9.17) is 16.3 Å². The highest BCUT2D eigenvalue weighted by Crippen LogP contribution is 2.27. The largest absolute Gasteiger partial charge is 0.497 e. The van der Waals surface area contributed by atoms with Gasteiger partial charge in [-0.15, -0.1) is 0 Å². The molecule has 2 aromatic carbocycles. The number of nitrogens with one attached hydrogen (secondary N) is 3. The molecule has 3 rings (SSSR count). The predicted octanol–water partition coefficient (Wildman–Crippen LogP) is 2.99. The van der Waals surface area contributed by atoms with Crippen LogP contribution < -0.4 is 20.9 Å². The zero-order chi connectivity index (χ0) is 17.8. The van der Waals surface area contributed by atoms with Gasteiger partial charge in [-0.05, 0) is 42.3 Å². The molecular formula is C19H22ClN3O2. The number of hydrogen-bond donors (Lipinski definition) is 3. The number of hydrogen-bond acceptors (Lipinski definition) is 4. The van der Waals surface area contributed by atoms with Crippen LogP contribution in [0.2, 0.25) is 5.02 Å². The minimum Gasteiger partial charge on any atom is -0.497 e. The zero-order valence-electron chi connectivity index (χ0n) is 14.3. The summed E-state index contributed by atoms with van der Waals surface area (Å²) < 4.78 is 5.17. The quantitative estimate of drug-likeness (QED) is 0.768. The van der Waals surface area contributed by atoms with Crippen molar-refractivity contribution in [2.75, 3.05) is 13.7 Å². The first kappa shape index (κ1) is 17.7. The Labute approximate surface area is 152 Å². The Balaban J connectivity index is 1.67. The number of methoxy groups -OCH3 is 1. The summed E-state index contributed by atoms with van der Waals surface area (Å²) in [5, 5.41) is 3.79. The standard InChI is InChI=1S/C19H22ClN3O2/c1-12(13-5-9-16(25-2)10-6-13)22-19(24)17-11-21-23-18(17)14-3-7-15(20)8-4-14/h3-10,12,17-18,21,23H,11H2,1-2H3,(H,22,24). The summed E-state index contributed by atoms with van der Waals surface area (Å²) in [5.74, 6) is 0.622. The third kappa shape index (κ3) is 4.12. The molecule has 1 aliphatic rings. The first-order chi connectivity index (χ1) is 12.1. The summed E-state index contributed by atoms with van der Waals surface area (Å²) in [4.78, 5) is 12.8. The summed E-state index contributed by atoms with van der Waals surface area (Å²) >= 11 is 5.95. The molecule has 1 saturated heterocycles. The number of rotatable bonds is 5. The molecule has 0 saturated carbocycles. The van der Waals surface area contributed by atoms with Gasteiger partial charge >= 0.3 is 0 Å². The summed E-state index contributed by atoms with van der Waals surface area (Å²) in [6, 6.07) is 15.1. The van der Waals surface area contributed by atoms with Gasteiger partial charge in [0.25, 0.3) is 0 Å². The van der Waals surface area contributed by atoms with Crippen LogP contribution >= 0.6 is 11.6 Å². The summed E-state index contributed by atoms with van der Waals surface area (Å²) in [6.45, 7) is 2.56. The molecule has 1 fully saturated rings. The van der Waals surface area contributed by atoms with Gasteiger partial charge in [0.15, 0.2) is 0 Å². The number of ether oxygens (including phenoxy) is 1. The minimum atomic E-state index is -0.193. The Morgan fingerprint density at radius 3 is 2.52 bits per heavy atom. The van der Waals surface area contributed by atoms with E-state index < -0.39 is 0 Å². The molecule has 1 heterocycles. The van der Waals surface area contributed by atoms with Crippen LogP contribution in [0.4, 0.5) is 0 Å². The summed E-state index contributed by atoms with van der Waals surface area (Å²) in [6.07, 6.45) is 0. The smallest absolute Gasteiger partial charge is 0.226 e. The lowest BCUT2D eigenvalue weighted by atomic mass is 9.93. The molecule has 1 aliphatic heterocycles. The number of carbonyl (C=O) groups is 1. The van der Waals surface area contributed by atoms with E-state index in [1.807, 2.05) is 55.5 Å². The van der Waals surface area contributed by atoms with E-state index in [-0.39, 0.29) is 23.9 Å². The number of hydrazine groups is 1. The monoisotopic (exact) mass is 359 g/mol. The van der Waals surface area contributed by atoms with Gasteiger partial charge in [0.2, 0.25) is 5.91 Å². The van der Waals surface area contributed by atoms with Gasteiger partial charge in [-0.1, -0.05) is 35.9 Å². The number of amides is 1. The SMILES string of the molecule is COc1ccc(C(C)NC(=O)C2CNNC2c2ccc(Cl)cc2)cc1. The maximum Gasteiger partial charge on any atom is 0.226 e. The van der Waals surface area contributed by atoms with E-state index in [1.165, 1.54) is 0 Å². The first-order valence-corrected chi connectivity index (χ1v) is 8.64. The predicted molar refractivity (Wildman–Crippen MR) is 98.4 cm³/mol. The molecule has 0 aliphatic carbocycles. The highest BCUT2D eigenvalue weighted by molar-refractivity contribution is 6.30. The fraction of sp³-hybridized carbons (Fsp3) is 0.316. The fourth-order valence-electron chi connectivity index (χ4n) is 3.02. The zero-order valence-corrected chi connectivity index (χ0v) is 15.0. The second-order valence-electron chi connectivity index (χ2n) is 6.16. The normalized spacial score (nSPS) is 20.9. The van der Waals surface area contributed by atoms with E-state index in [1.54, 1.807) is 7.11 Å². The molecule has 6 heteroatoms. The summed E-state index contributed by atoms with van der Waals surface area (Å²) in [5.41, 5.74) is 8.34. The number of carbonyl (C=O) groups excluding carboxylic acids is 1. The highest BCUT2D eigenvalue weighted by Gasteiger charge is 2.34. The fourth-order valence-corrected chi connectivity index (χ4v) is 3.15. The third-order valence-corrected chi connectivity index (χ3v) is 4.77. The van der Waals surface area contributed by atoms with Crippen LogP contribution in [-0.4, -0.2) is 19.6 Å². The Hall–Kier alpha value is -2.08. The van der Waals surface area contributed by atoms with E-state index in [9.17, 15) is 4.79 Å². The second-order valence-corrected chi connectivity index (χ2v) is 6.60.